The van der Waals surface area contributed by atoms with Gasteiger partial charge in [-0.25, -0.2) is 17.6 Å². The molecule has 2 aliphatic heterocycles. The molecule has 3 atom stereocenters. The Labute approximate surface area is 333 Å². The molecule has 6 heterocycles. The van der Waals surface area contributed by atoms with Gasteiger partial charge in [0.15, 0.2) is 5.67 Å². The second-order valence-corrected chi connectivity index (χ2v) is 15.7. The van der Waals surface area contributed by atoms with Gasteiger partial charge in [-0.3, -0.25) is 28.9 Å². The summed E-state index contributed by atoms with van der Waals surface area (Å²) in [5, 5.41) is 9.59. The van der Waals surface area contributed by atoms with Gasteiger partial charge in [0.2, 0.25) is 17.7 Å². The van der Waals surface area contributed by atoms with Crippen molar-refractivity contribution >= 4 is 11.8 Å². The summed E-state index contributed by atoms with van der Waals surface area (Å²) in [7, 11) is 3.61. The largest absolute Gasteiger partial charge is 0.335 e. The van der Waals surface area contributed by atoms with E-state index < -0.39 is 23.5 Å². The second kappa shape index (κ2) is 15.1. The van der Waals surface area contributed by atoms with Crippen molar-refractivity contribution in [2.45, 2.75) is 68.0 Å². The lowest BCUT2D eigenvalue weighted by Gasteiger charge is -2.28. The maximum absolute atomic E-state index is 17.1. The molecule has 8 rings (SSSR count). The summed E-state index contributed by atoms with van der Waals surface area (Å²) < 4.78 is 62.5. The molecule has 1 aliphatic carbocycles. The van der Waals surface area contributed by atoms with E-state index in [2.05, 4.69) is 18.1 Å². The smallest absolute Gasteiger partial charge is 0.248 e. The molecule has 300 valence electrons. The quantitative estimate of drug-likeness (QED) is 0.110. The number of pyridine rings is 2. The number of aryl methyl sites for hydroxylation is 2. The summed E-state index contributed by atoms with van der Waals surface area (Å²) in [5.74, 6) is -3.99. The standard InChI is InChI=1S/C44H44F4N8O2/c1-5-41(57)55-18-16-43(46,26-55)34-24-50-37(27-7-9-30(45)10-8-27)21-32(34)38-22-39(54(4)52-38)40-19-29(25-56(40)42(58)6-2)33-23-49-36(28-11-14-44(47,48)15-12-28)20-31(33)35-13-17-53(3)51-35/h5-10,13,17,20-24,28-29,40H,1-2,11-12,14-16,18-19,25-26H2,3-4H3. The summed E-state index contributed by atoms with van der Waals surface area (Å²) in [4.78, 5) is 38.7. The van der Waals surface area contributed by atoms with E-state index in [1.54, 1.807) is 39.5 Å². The number of rotatable bonds is 9. The molecule has 2 amide bonds. The minimum Gasteiger partial charge on any atom is -0.335 e. The molecule has 3 unspecified atom stereocenters. The van der Waals surface area contributed by atoms with Crippen LogP contribution in [0.2, 0.25) is 0 Å². The van der Waals surface area contributed by atoms with E-state index in [4.69, 9.17) is 15.2 Å². The van der Waals surface area contributed by atoms with Crippen LogP contribution in [0.5, 0.6) is 0 Å². The first-order valence-corrected chi connectivity index (χ1v) is 19.5. The Balaban J connectivity index is 1.18. The van der Waals surface area contributed by atoms with Gasteiger partial charge in [0.1, 0.15) is 5.82 Å². The molecule has 14 heteroatoms. The minimum atomic E-state index is -2.66. The molecular formula is C44H44F4N8O2. The fourth-order valence-corrected chi connectivity index (χ4v) is 8.89. The summed E-state index contributed by atoms with van der Waals surface area (Å²) in [6.07, 6.45) is 8.45. The molecule has 0 bridgehead atoms. The Kier molecular flexibility index (Phi) is 10.1. The maximum atomic E-state index is 17.1. The van der Waals surface area contributed by atoms with Crippen LogP contribution < -0.4 is 0 Å². The molecule has 58 heavy (non-hydrogen) atoms. The first-order valence-electron chi connectivity index (χ1n) is 19.5. The van der Waals surface area contributed by atoms with E-state index in [1.165, 1.54) is 35.4 Å². The molecular weight excluding hydrogens is 749 g/mol. The lowest BCUT2D eigenvalue weighted by Crippen LogP contribution is -2.31. The Hall–Kier alpha value is -5.92. The predicted molar refractivity (Wildman–Crippen MR) is 211 cm³/mol. The highest BCUT2D eigenvalue weighted by atomic mass is 19.3. The first-order chi connectivity index (χ1) is 27.8. The zero-order valence-corrected chi connectivity index (χ0v) is 32.4. The van der Waals surface area contributed by atoms with Crippen LogP contribution in [0, 0.1) is 5.82 Å². The topological polar surface area (TPSA) is 102 Å². The van der Waals surface area contributed by atoms with Crippen molar-refractivity contribution in [2.75, 3.05) is 19.6 Å². The molecule has 0 radical (unpaired) electrons. The van der Waals surface area contributed by atoms with Crippen molar-refractivity contribution < 1.29 is 27.2 Å². The van der Waals surface area contributed by atoms with Crippen LogP contribution in [0.1, 0.15) is 78.9 Å². The van der Waals surface area contributed by atoms with Gasteiger partial charge in [0.05, 0.1) is 35.4 Å². The molecule has 3 aliphatic rings. The van der Waals surface area contributed by atoms with E-state index >= 15 is 4.39 Å². The molecule has 1 aromatic carbocycles. The number of nitrogens with zero attached hydrogens (tertiary/aromatic N) is 8. The molecule has 0 spiro atoms. The molecule has 5 aromatic rings. The highest BCUT2D eigenvalue weighted by molar-refractivity contribution is 5.88. The van der Waals surface area contributed by atoms with Crippen LogP contribution in [0.4, 0.5) is 17.6 Å². The third kappa shape index (κ3) is 7.35. The van der Waals surface area contributed by atoms with Crippen LogP contribution in [0.25, 0.3) is 33.8 Å². The van der Waals surface area contributed by atoms with Crippen LogP contribution in [0.15, 0.2) is 92.4 Å². The molecule has 10 nitrogen and oxygen atoms in total. The monoisotopic (exact) mass is 792 g/mol. The first kappa shape index (κ1) is 38.9. The van der Waals surface area contributed by atoms with Crippen molar-refractivity contribution in [3.8, 4) is 33.8 Å². The number of benzene rings is 1. The Bertz CT molecular complexity index is 2400. The lowest BCUT2D eigenvalue weighted by atomic mass is 9.83. The highest BCUT2D eigenvalue weighted by Crippen LogP contribution is 2.47. The van der Waals surface area contributed by atoms with Crippen LogP contribution >= 0.6 is 0 Å². The number of hydrogen-bond donors (Lipinski definition) is 0. The minimum absolute atomic E-state index is 0.0431. The van der Waals surface area contributed by atoms with Crippen molar-refractivity contribution in [3.63, 3.8) is 0 Å². The van der Waals surface area contributed by atoms with Gasteiger partial charge in [0.25, 0.3) is 0 Å². The summed E-state index contributed by atoms with van der Waals surface area (Å²) in [6, 6.07) is 12.9. The SMILES string of the molecule is C=CC(=O)N1CCC(F)(c2cnc(-c3ccc(F)cc3)cc2-c2cc(C3CC(c4cnc(C5CCC(F)(F)CC5)cc4-c4ccn(C)n4)CN3C(=O)C=C)n(C)n2)C1. The van der Waals surface area contributed by atoms with Crippen molar-refractivity contribution in [3.05, 3.63) is 121 Å². The van der Waals surface area contributed by atoms with Gasteiger partial charge in [-0.15, -0.1) is 0 Å². The molecule has 2 saturated heterocycles. The van der Waals surface area contributed by atoms with Crippen molar-refractivity contribution in [1.29, 1.82) is 0 Å². The summed E-state index contributed by atoms with van der Waals surface area (Å²) >= 11 is 0. The molecule has 3 fully saturated rings. The van der Waals surface area contributed by atoms with E-state index in [0.29, 0.717) is 54.0 Å². The number of halogens is 4. The van der Waals surface area contributed by atoms with Crippen molar-refractivity contribution in [2.24, 2.45) is 14.1 Å². The van der Waals surface area contributed by atoms with Gasteiger partial charge >= 0.3 is 0 Å². The van der Waals surface area contributed by atoms with Gasteiger partial charge in [0, 0.05) is 105 Å². The number of alkyl halides is 3. The third-order valence-electron chi connectivity index (χ3n) is 12.0. The van der Waals surface area contributed by atoms with Crippen LogP contribution in [-0.2, 0) is 29.4 Å². The van der Waals surface area contributed by atoms with Gasteiger partial charge in [-0.2, -0.15) is 10.2 Å². The Morgan fingerprint density at radius 3 is 2.26 bits per heavy atom. The average Bonchev–Trinajstić information content (AvgIpc) is 4.03. The zero-order chi connectivity index (χ0) is 40.9. The van der Waals surface area contributed by atoms with Crippen molar-refractivity contribution in [1.82, 2.24) is 39.3 Å². The van der Waals surface area contributed by atoms with E-state index in [-0.39, 0.29) is 61.6 Å². The fraction of sp³-hybridized carbons (Fsp3) is 0.364. The maximum Gasteiger partial charge on any atom is 0.248 e. The van der Waals surface area contributed by atoms with Gasteiger partial charge in [-0.05, 0) is 85.5 Å². The normalized spacial score (nSPS) is 22.0. The van der Waals surface area contributed by atoms with Crippen LogP contribution in [-0.4, -0.2) is 76.7 Å². The number of hydrogen-bond acceptors (Lipinski definition) is 6. The van der Waals surface area contributed by atoms with E-state index in [0.717, 1.165) is 22.5 Å². The molecule has 4 aromatic heterocycles. The molecule has 1 saturated carbocycles. The van der Waals surface area contributed by atoms with Crippen LogP contribution in [0.3, 0.4) is 0 Å². The fourth-order valence-electron chi connectivity index (χ4n) is 8.89. The molecule has 0 N–H and O–H groups in total. The Morgan fingerprint density at radius 2 is 1.57 bits per heavy atom. The zero-order valence-electron chi connectivity index (χ0n) is 32.4. The van der Waals surface area contributed by atoms with Gasteiger partial charge in [-0.1, -0.05) is 13.2 Å². The summed E-state index contributed by atoms with van der Waals surface area (Å²) in [6.45, 7) is 7.69. The lowest BCUT2D eigenvalue weighted by molar-refractivity contribution is -0.127. The predicted octanol–water partition coefficient (Wildman–Crippen LogP) is 8.20. The van der Waals surface area contributed by atoms with E-state index in [9.17, 15) is 22.8 Å². The third-order valence-corrected chi connectivity index (χ3v) is 12.0. The number of aromatic nitrogens is 6. The summed E-state index contributed by atoms with van der Waals surface area (Å²) in [5.41, 5.74) is 4.23. The highest BCUT2D eigenvalue weighted by Gasteiger charge is 2.44. The number of amides is 2. The number of carbonyl (C=O) groups is 2. The number of carbonyl (C=O) groups excluding carboxylic acids is 2. The average molecular weight is 793 g/mol. The van der Waals surface area contributed by atoms with E-state index in [1.807, 2.05) is 37.6 Å². The second-order valence-electron chi connectivity index (χ2n) is 15.7. The Morgan fingerprint density at radius 1 is 0.828 bits per heavy atom. The van der Waals surface area contributed by atoms with Gasteiger partial charge < -0.3 is 9.80 Å². The number of likely N-dealkylation sites (tertiary alicyclic amines) is 2.